The molecule has 104 valence electrons. The summed E-state index contributed by atoms with van der Waals surface area (Å²) >= 11 is 0. The van der Waals surface area contributed by atoms with Crippen molar-refractivity contribution in [2.75, 3.05) is 7.11 Å². The van der Waals surface area contributed by atoms with E-state index in [-0.39, 0.29) is 0 Å². The fourth-order valence-electron chi connectivity index (χ4n) is 2.21. The van der Waals surface area contributed by atoms with Crippen LogP contribution in [0, 0.1) is 0 Å². The van der Waals surface area contributed by atoms with Crippen LogP contribution in [0.15, 0.2) is 48.5 Å². The summed E-state index contributed by atoms with van der Waals surface area (Å²) in [6, 6.07) is 15.1. The van der Waals surface area contributed by atoms with Crippen molar-refractivity contribution in [2.45, 2.75) is 25.0 Å². The standard InChI is InChI=1S/C17H18O3/c1-19-16-8-3-2-7-15(16)17(18)12-5-4-6-14(11-12)20-13-9-10-13/h2-8,11,13,17-18H,9-10H2,1H3. The van der Waals surface area contributed by atoms with Crippen LogP contribution in [0.5, 0.6) is 11.5 Å². The van der Waals surface area contributed by atoms with E-state index in [1.54, 1.807) is 7.11 Å². The smallest absolute Gasteiger partial charge is 0.125 e. The maximum Gasteiger partial charge on any atom is 0.125 e. The van der Waals surface area contributed by atoms with Crippen LogP contribution in [0.25, 0.3) is 0 Å². The maximum atomic E-state index is 10.5. The molecule has 0 aromatic heterocycles. The monoisotopic (exact) mass is 270 g/mol. The molecule has 0 bridgehead atoms. The molecule has 0 radical (unpaired) electrons. The van der Waals surface area contributed by atoms with Gasteiger partial charge in [0.15, 0.2) is 0 Å². The number of hydrogen-bond donors (Lipinski definition) is 1. The lowest BCUT2D eigenvalue weighted by Gasteiger charge is -2.16. The number of methoxy groups -OCH3 is 1. The number of para-hydroxylation sites is 1. The van der Waals surface area contributed by atoms with E-state index in [1.807, 2.05) is 48.5 Å². The summed E-state index contributed by atoms with van der Waals surface area (Å²) in [6.07, 6.45) is 1.89. The van der Waals surface area contributed by atoms with Gasteiger partial charge in [0.1, 0.15) is 17.6 Å². The van der Waals surface area contributed by atoms with Crippen LogP contribution in [0.4, 0.5) is 0 Å². The van der Waals surface area contributed by atoms with Gasteiger partial charge in [0.2, 0.25) is 0 Å². The Balaban J connectivity index is 1.87. The SMILES string of the molecule is COc1ccccc1C(O)c1cccc(OC2CC2)c1. The Labute approximate surface area is 118 Å². The Kier molecular flexibility index (Phi) is 3.61. The van der Waals surface area contributed by atoms with E-state index >= 15 is 0 Å². The van der Waals surface area contributed by atoms with Crippen molar-refractivity contribution in [3.63, 3.8) is 0 Å². The van der Waals surface area contributed by atoms with Gasteiger partial charge in [-0.3, -0.25) is 0 Å². The van der Waals surface area contributed by atoms with Crippen LogP contribution < -0.4 is 9.47 Å². The molecular weight excluding hydrogens is 252 g/mol. The molecule has 1 fully saturated rings. The topological polar surface area (TPSA) is 38.7 Å². The molecule has 1 N–H and O–H groups in total. The van der Waals surface area contributed by atoms with Gasteiger partial charge < -0.3 is 14.6 Å². The van der Waals surface area contributed by atoms with Gasteiger partial charge in [0.05, 0.1) is 13.2 Å². The predicted molar refractivity (Wildman–Crippen MR) is 77.1 cm³/mol. The first kappa shape index (κ1) is 13.0. The minimum absolute atomic E-state index is 0.355. The van der Waals surface area contributed by atoms with E-state index in [9.17, 15) is 5.11 Å². The number of rotatable bonds is 5. The molecule has 3 heteroatoms. The van der Waals surface area contributed by atoms with E-state index in [1.165, 1.54) is 0 Å². The summed E-state index contributed by atoms with van der Waals surface area (Å²) in [4.78, 5) is 0. The zero-order valence-corrected chi connectivity index (χ0v) is 11.5. The summed E-state index contributed by atoms with van der Waals surface area (Å²) in [5, 5.41) is 10.5. The zero-order chi connectivity index (χ0) is 13.9. The molecule has 3 rings (SSSR count). The van der Waals surface area contributed by atoms with Crippen LogP contribution >= 0.6 is 0 Å². The summed E-state index contributed by atoms with van der Waals surface area (Å²) < 4.78 is 11.1. The highest BCUT2D eigenvalue weighted by Gasteiger charge is 2.24. The highest BCUT2D eigenvalue weighted by Crippen LogP contribution is 2.32. The summed E-state index contributed by atoms with van der Waals surface area (Å²) in [6.45, 7) is 0. The van der Waals surface area contributed by atoms with Gasteiger partial charge in [-0.1, -0.05) is 30.3 Å². The Morgan fingerprint density at radius 2 is 1.90 bits per heavy atom. The van der Waals surface area contributed by atoms with E-state index < -0.39 is 6.10 Å². The second-order valence-electron chi connectivity index (χ2n) is 5.03. The van der Waals surface area contributed by atoms with Crippen molar-refractivity contribution in [1.82, 2.24) is 0 Å². The first-order valence-electron chi connectivity index (χ1n) is 6.85. The molecule has 0 aliphatic heterocycles. The second kappa shape index (κ2) is 5.55. The van der Waals surface area contributed by atoms with E-state index in [4.69, 9.17) is 9.47 Å². The molecule has 0 heterocycles. The summed E-state index contributed by atoms with van der Waals surface area (Å²) in [5.41, 5.74) is 1.58. The average molecular weight is 270 g/mol. The second-order valence-corrected chi connectivity index (χ2v) is 5.03. The third kappa shape index (κ3) is 2.78. The quantitative estimate of drug-likeness (QED) is 0.905. The molecule has 1 unspecified atom stereocenters. The van der Waals surface area contributed by atoms with E-state index in [2.05, 4.69) is 0 Å². The highest BCUT2D eigenvalue weighted by atomic mass is 16.5. The summed E-state index contributed by atoms with van der Waals surface area (Å²) in [7, 11) is 1.61. The molecule has 2 aromatic rings. The molecule has 1 saturated carbocycles. The largest absolute Gasteiger partial charge is 0.496 e. The molecule has 3 nitrogen and oxygen atoms in total. The molecule has 0 saturated heterocycles. The van der Waals surface area contributed by atoms with Gasteiger partial charge in [-0.15, -0.1) is 0 Å². The zero-order valence-electron chi connectivity index (χ0n) is 11.5. The van der Waals surface area contributed by atoms with Crippen LogP contribution in [0.3, 0.4) is 0 Å². The maximum absolute atomic E-state index is 10.5. The van der Waals surface area contributed by atoms with Crippen molar-refractivity contribution < 1.29 is 14.6 Å². The van der Waals surface area contributed by atoms with Gasteiger partial charge in [-0.2, -0.15) is 0 Å². The van der Waals surface area contributed by atoms with Crippen LogP contribution in [-0.2, 0) is 0 Å². The van der Waals surface area contributed by atoms with Gasteiger partial charge in [0.25, 0.3) is 0 Å². The van der Waals surface area contributed by atoms with E-state index in [0.717, 1.165) is 29.7 Å². The molecule has 20 heavy (non-hydrogen) atoms. The Morgan fingerprint density at radius 1 is 1.10 bits per heavy atom. The van der Waals surface area contributed by atoms with Crippen molar-refractivity contribution in [3.05, 3.63) is 59.7 Å². The lowest BCUT2D eigenvalue weighted by molar-refractivity contribution is 0.213. The fraction of sp³-hybridized carbons (Fsp3) is 0.294. The summed E-state index contributed by atoms with van der Waals surface area (Å²) in [5.74, 6) is 1.51. The molecule has 1 aliphatic rings. The predicted octanol–water partition coefficient (Wildman–Crippen LogP) is 3.32. The van der Waals surface area contributed by atoms with Crippen LogP contribution in [0.2, 0.25) is 0 Å². The van der Waals surface area contributed by atoms with Gasteiger partial charge in [-0.05, 0) is 36.6 Å². The third-order valence-corrected chi connectivity index (χ3v) is 3.43. The van der Waals surface area contributed by atoms with Crippen molar-refractivity contribution in [3.8, 4) is 11.5 Å². The first-order chi connectivity index (χ1) is 9.78. The van der Waals surface area contributed by atoms with Crippen LogP contribution in [0.1, 0.15) is 30.1 Å². The Hall–Kier alpha value is -2.00. The number of hydrogen-bond acceptors (Lipinski definition) is 3. The molecule has 0 amide bonds. The van der Waals surface area contributed by atoms with Gasteiger partial charge in [-0.25, -0.2) is 0 Å². The van der Waals surface area contributed by atoms with E-state index in [0.29, 0.717) is 11.9 Å². The average Bonchev–Trinajstić information content (AvgIpc) is 3.30. The van der Waals surface area contributed by atoms with Crippen LogP contribution in [-0.4, -0.2) is 18.3 Å². The number of aliphatic hydroxyl groups excluding tert-OH is 1. The molecule has 1 atom stereocenters. The molecule has 2 aromatic carbocycles. The third-order valence-electron chi connectivity index (χ3n) is 3.43. The first-order valence-corrected chi connectivity index (χ1v) is 6.85. The number of benzene rings is 2. The van der Waals surface area contributed by atoms with Crippen molar-refractivity contribution in [2.24, 2.45) is 0 Å². The lowest BCUT2D eigenvalue weighted by Crippen LogP contribution is -2.03. The number of aliphatic hydroxyl groups is 1. The Bertz CT molecular complexity index is 590. The molecule has 0 spiro atoms. The number of ether oxygens (including phenoxy) is 2. The Morgan fingerprint density at radius 3 is 2.65 bits per heavy atom. The normalized spacial score (nSPS) is 15.7. The molecular formula is C17H18O3. The fourth-order valence-corrected chi connectivity index (χ4v) is 2.21. The highest BCUT2D eigenvalue weighted by molar-refractivity contribution is 5.42. The minimum atomic E-state index is -0.714. The minimum Gasteiger partial charge on any atom is -0.496 e. The van der Waals surface area contributed by atoms with Gasteiger partial charge in [0, 0.05) is 5.56 Å². The molecule has 1 aliphatic carbocycles. The lowest BCUT2D eigenvalue weighted by atomic mass is 10.0. The van der Waals surface area contributed by atoms with Crippen molar-refractivity contribution >= 4 is 0 Å². The van der Waals surface area contributed by atoms with Gasteiger partial charge >= 0.3 is 0 Å². The van der Waals surface area contributed by atoms with Crippen molar-refractivity contribution in [1.29, 1.82) is 0 Å².